The molecule has 1 amide bonds. The molecule has 0 radical (unpaired) electrons. The summed E-state index contributed by atoms with van der Waals surface area (Å²) in [4.78, 5) is 14.3. The lowest BCUT2D eigenvalue weighted by atomic mass is 10.0. The Balaban J connectivity index is 0.00000242. The van der Waals surface area contributed by atoms with Crippen molar-refractivity contribution in [3.05, 3.63) is 35.4 Å². The van der Waals surface area contributed by atoms with E-state index in [-0.39, 0.29) is 30.3 Å². The highest BCUT2D eigenvalue weighted by Crippen LogP contribution is 2.27. The number of nitrogens with zero attached hydrogens (tertiary/aromatic N) is 1. The van der Waals surface area contributed by atoms with Crippen LogP contribution in [-0.2, 0) is 4.79 Å². The molecule has 3 atom stereocenters. The lowest BCUT2D eigenvalue weighted by Crippen LogP contribution is -2.38. The third kappa shape index (κ3) is 4.70. The van der Waals surface area contributed by atoms with Crippen molar-refractivity contribution < 1.29 is 9.90 Å². The Kier molecular flexibility index (Phi) is 7.33. The van der Waals surface area contributed by atoms with Gasteiger partial charge in [-0.25, -0.2) is 0 Å². The maximum Gasteiger partial charge on any atom is 0.225 e. The number of nitrogens with two attached hydrogens (primary N) is 1. The van der Waals surface area contributed by atoms with E-state index < -0.39 is 6.10 Å². The minimum absolute atomic E-state index is 0. The molecule has 0 aliphatic heterocycles. The topological polar surface area (TPSA) is 66.6 Å². The summed E-state index contributed by atoms with van der Waals surface area (Å²) in [6.07, 6.45) is 1.94. The first kappa shape index (κ1) is 18.9. The van der Waals surface area contributed by atoms with Gasteiger partial charge in [0, 0.05) is 18.5 Å². The van der Waals surface area contributed by atoms with E-state index in [2.05, 4.69) is 0 Å². The van der Waals surface area contributed by atoms with E-state index in [1.54, 1.807) is 4.90 Å². The number of halogens is 1. The highest BCUT2D eigenvalue weighted by molar-refractivity contribution is 5.85. The first-order chi connectivity index (χ1) is 10.0. The average Bonchev–Trinajstić information content (AvgIpc) is 2.91. The van der Waals surface area contributed by atoms with Gasteiger partial charge in [0.05, 0.1) is 12.6 Å². The van der Waals surface area contributed by atoms with Crippen LogP contribution in [0.4, 0.5) is 0 Å². The third-order valence-corrected chi connectivity index (χ3v) is 4.37. The van der Waals surface area contributed by atoms with Crippen LogP contribution in [-0.4, -0.2) is 35.0 Å². The fraction of sp³-hybridized carbons (Fsp3) is 0.588. The summed E-state index contributed by atoms with van der Waals surface area (Å²) in [6, 6.07) is 7.95. The molecule has 0 saturated heterocycles. The van der Waals surface area contributed by atoms with Crippen molar-refractivity contribution in [1.29, 1.82) is 0 Å². The van der Waals surface area contributed by atoms with Crippen LogP contribution in [0.1, 0.15) is 43.4 Å². The van der Waals surface area contributed by atoms with Gasteiger partial charge in [-0.05, 0) is 38.7 Å². The molecule has 0 aromatic heterocycles. The Hall–Kier alpha value is -1.10. The predicted molar refractivity (Wildman–Crippen MR) is 91.0 cm³/mol. The van der Waals surface area contributed by atoms with Crippen LogP contribution in [0.3, 0.4) is 0 Å². The number of carbonyl (C=O) groups excluding carboxylic acids is 1. The summed E-state index contributed by atoms with van der Waals surface area (Å²) in [6.45, 7) is 4.94. The van der Waals surface area contributed by atoms with Crippen molar-refractivity contribution in [3.63, 3.8) is 0 Å². The summed E-state index contributed by atoms with van der Waals surface area (Å²) < 4.78 is 0. The van der Waals surface area contributed by atoms with E-state index >= 15 is 0 Å². The smallest absolute Gasteiger partial charge is 0.225 e. The molecule has 1 aromatic rings. The molecular weight excluding hydrogens is 300 g/mol. The van der Waals surface area contributed by atoms with Gasteiger partial charge in [0.15, 0.2) is 0 Å². The molecule has 22 heavy (non-hydrogen) atoms. The van der Waals surface area contributed by atoms with E-state index in [1.807, 2.05) is 38.1 Å². The van der Waals surface area contributed by atoms with Gasteiger partial charge in [-0.2, -0.15) is 0 Å². The molecule has 3 N–H and O–H groups in total. The van der Waals surface area contributed by atoms with Gasteiger partial charge in [0.1, 0.15) is 0 Å². The van der Waals surface area contributed by atoms with Crippen molar-refractivity contribution in [2.24, 2.45) is 11.7 Å². The molecule has 1 aliphatic carbocycles. The van der Waals surface area contributed by atoms with Crippen LogP contribution >= 0.6 is 12.4 Å². The first-order valence-corrected chi connectivity index (χ1v) is 7.80. The van der Waals surface area contributed by atoms with Crippen LogP contribution in [0.5, 0.6) is 0 Å². The van der Waals surface area contributed by atoms with E-state index in [1.165, 1.54) is 0 Å². The third-order valence-electron chi connectivity index (χ3n) is 4.37. The van der Waals surface area contributed by atoms with Gasteiger partial charge < -0.3 is 15.7 Å². The molecule has 1 fully saturated rings. The van der Waals surface area contributed by atoms with E-state index in [0.29, 0.717) is 13.1 Å². The number of amides is 1. The standard InChI is InChI=1S/C17H26N2O2.ClH/c1-3-19(17(21)14-8-9-15(18)10-14)11-16(20)13-6-4-12(2)5-7-13;/h4-7,14-16,20H,3,8-11,18H2,1-2H3;1H. The zero-order chi connectivity index (χ0) is 15.4. The predicted octanol–water partition coefficient (Wildman–Crippen LogP) is 2.43. The zero-order valence-corrected chi connectivity index (χ0v) is 14.2. The van der Waals surface area contributed by atoms with Crippen molar-refractivity contribution in [2.75, 3.05) is 13.1 Å². The second kappa shape index (κ2) is 8.51. The number of benzene rings is 1. The number of carbonyl (C=O) groups is 1. The molecule has 0 spiro atoms. The second-order valence-electron chi connectivity index (χ2n) is 6.07. The minimum Gasteiger partial charge on any atom is -0.387 e. The van der Waals surface area contributed by atoms with Crippen LogP contribution in [0.25, 0.3) is 0 Å². The molecule has 1 aromatic carbocycles. The van der Waals surface area contributed by atoms with Gasteiger partial charge in [0.25, 0.3) is 0 Å². The van der Waals surface area contributed by atoms with E-state index in [4.69, 9.17) is 5.73 Å². The number of aliphatic hydroxyl groups excluding tert-OH is 1. The molecule has 0 bridgehead atoms. The molecule has 124 valence electrons. The maximum absolute atomic E-state index is 12.5. The van der Waals surface area contributed by atoms with Crippen molar-refractivity contribution >= 4 is 18.3 Å². The van der Waals surface area contributed by atoms with Gasteiger partial charge in [-0.3, -0.25) is 4.79 Å². The summed E-state index contributed by atoms with van der Waals surface area (Å²) in [5.41, 5.74) is 7.91. The van der Waals surface area contributed by atoms with Gasteiger partial charge >= 0.3 is 0 Å². The molecule has 0 heterocycles. The largest absolute Gasteiger partial charge is 0.387 e. The number of hydrogen-bond donors (Lipinski definition) is 2. The number of rotatable bonds is 5. The Bertz CT molecular complexity index is 478. The Morgan fingerprint density at radius 2 is 2.00 bits per heavy atom. The Morgan fingerprint density at radius 1 is 1.36 bits per heavy atom. The minimum atomic E-state index is -0.635. The first-order valence-electron chi connectivity index (χ1n) is 7.80. The Labute approximate surface area is 139 Å². The number of hydrogen-bond acceptors (Lipinski definition) is 3. The molecule has 3 unspecified atom stereocenters. The van der Waals surface area contributed by atoms with E-state index in [0.717, 1.165) is 30.4 Å². The highest BCUT2D eigenvalue weighted by atomic mass is 35.5. The van der Waals surface area contributed by atoms with Crippen molar-refractivity contribution in [3.8, 4) is 0 Å². The SMILES string of the molecule is CCN(CC(O)c1ccc(C)cc1)C(=O)C1CCC(N)C1.Cl. The van der Waals surface area contributed by atoms with Crippen LogP contribution < -0.4 is 5.73 Å². The zero-order valence-electron chi connectivity index (χ0n) is 13.4. The number of likely N-dealkylation sites (N-methyl/N-ethyl adjacent to an activating group) is 1. The maximum atomic E-state index is 12.5. The molecule has 1 saturated carbocycles. The monoisotopic (exact) mass is 326 g/mol. The van der Waals surface area contributed by atoms with E-state index in [9.17, 15) is 9.90 Å². The lowest BCUT2D eigenvalue weighted by Gasteiger charge is -2.27. The van der Waals surface area contributed by atoms with Crippen LogP contribution in [0, 0.1) is 12.8 Å². The summed E-state index contributed by atoms with van der Waals surface area (Å²) in [5, 5.41) is 10.3. The molecule has 5 heteroatoms. The molecule has 2 rings (SSSR count). The van der Waals surface area contributed by atoms with Gasteiger partial charge in [-0.1, -0.05) is 29.8 Å². The van der Waals surface area contributed by atoms with Crippen LogP contribution in [0.15, 0.2) is 24.3 Å². The lowest BCUT2D eigenvalue weighted by molar-refractivity contribution is -0.136. The van der Waals surface area contributed by atoms with Crippen molar-refractivity contribution in [2.45, 2.75) is 45.3 Å². The fourth-order valence-electron chi connectivity index (χ4n) is 2.98. The molecule has 4 nitrogen and oxygen atoms in total. The normalized spacial score (nSPS) is 22.0. The van der Waals surface area contributed by atoms with Gasteiger partial charge in [0.2, 0.25) is 5.91 Å². The Morgan fingerprint density at radius 3 is 2.50 bits per heavy atom. The summed E-state index contributed by atoms with van der Waals surface area (Å²) >= 11 is 0. The summed E-state index contributed by atoms with van der Waals surface area (Å²) in [7, 11) is 0. The van der Waals surface area contributed by atoms with Crippen LogP contribution in [0.2, 0.25) is 0 Å². The average molecular weight is 327 g/mol. The van der Waals surface area contributed by atoms with Gasteiger partial charge in [-0.15, -0.1) is 12.4 Å². The molecular formula is C17H27ClN2O2. The quantitative estimate of drug-likeness (QED) is 0.873. The summed E-state index contributed by atoms with van der Waals surface area (Å²) in [5.74, 6) is 0.168. The van der Waals surface area contributed by atoms with Crippen molar-refractivity contribution in [1.82, 2.24) is 4.90 Å². The fourth-order valence-corrected chi connectivity index (χ4v) is 2.98. The highest BCUT2D eigenvalue weighted by Gasteiger charge is 2.31. The number of aryl methyl sites for hydroxylation is 1. The number of aliphatic hydroxyl groups is 1. The molecule has 1 aliphatic rings. The second-order valence-corrected chi connectivity index (χ2v) is 6.07.